The number of halogens is 1. The maximum absolute atomic E-state index is 13.9. The summed E-state index contributed by atoms with van der Waals surface area (Å²) in [6.07, 6.45) is 3.49. The van der Waals surface area contributed by atoms with Crippen LogP contribution in [-0.2, 0) is 19.7 Å². The minimum atomic E-state index is -0.494. The lowest BCUT2D eigenvalue weighted by Crippen LogP contribution is -2.07. The maximum Gasteiger partial charge on any atom is 0.318 e. The van der Waals surface area contributed by atoms with Crippen molar-refractivity contribution < 1.29 is 9.13 Å². The molecule has 0 saturated carbocycles. The molecule has 4 rings (SSSR count). The van der Waals surface area contributed by atoms with E-state index in [0.717, 1.165) is 24.3 Å². The van der Waals surface area contributed by atoms with Crippen LogP contribution in [0.3, 0.4) is 0 Å². The van der Waals surface area contributed by atoms with Crippen molar-refractivity contribution in [3.63, 3.8) is 0 Å². The van der Waals surface area contributed by atoms with E-state index in [9.17, 15) is 4.39 Å². The summed E-state index contributed by atoms with van der Waals surface area (Å²) in [5.41, 5.74) is 2.74. The van der Waals surface area contributed by atoms with Gasteiger partial charge < -0.3 is 10.1 Å². The molecule has 7 nitrogen and oxygen atoms in total. The zero-order chi connectivity index (χ0) is 17.2. The third-order valence-corrected chi connectivity index (χ3v) is 3.88. The average Bonchev–Trinajstić information content (AvgIpc) is 3.23. The summed E-state index contributed by atoms with van der Waals surface area (Å²) in [4.78, 5) is 8.35. The first-order valence-electron chi connectivity index (χ1n) is 7.66. The molecule has 0 spiro atoms. The predicted octanol–water partition coefficient (Wildman–Crippen LogP) is 1.86. The lowest BCUT2D eigenvalue weighted by Gasteiger charge is -2.07. The van der Waals surface area contributed by atoms with Gasteiger partial charge in [0.15, 0.2) is 5.82 Å². The maximum atomic E-state index is 13.9. The summed E-state index contributed by atoms with van der Waals surface area (Å²) in [5.74, 6) is 0.0888. The fourth-order valence-corrected chi connectivity index (χ4v) is 2.58. The second-order valence-corrected chi connectivity index (χ2v) is 5.55. The van der Waals surface area contributed by atoms with E-state index >= 15 is 0 Å². The SMILES string of the molecule is N#Cc1ccc(COc2nccc(-n3cc4c(n3)CNC4)n2)c(F)c1. The predicted molar refractivity (Wildman–Crippen MR) is 85.1 cm³/mol. The molecule has 25 heavy (non-hydrogen) atoms. The van der Waals surface area contributed by atoms with Crippen LogP contribution in [0.1, 0.15) is 22.4 Å². The van der Waals surface area contributed by atoms with E-state index in [1.54, 1.807) is 23.0 Å². The van der Waals surface area contributed by atoms with Crippen LogP contribution < -0.4 is 10.1 Å². The first-order chi connectivity index (χ1) is 12.2. The number of nitrogens with zero attached hydrogens (tertiary/aromatic N) is 5. The molecule has 8 heteroatoms. The highest BCUT2D eigenvalue weighted by Gasteiger charge is 2.16. The van der Waals surface area contributed by atoms with Crippen LogP contribution in [0, 0.1) is 17.1 Å². The molecule has 0 atom stereocenters. The molecule has 0 bridgehead atoms. The van der Waals surface area contributed by atoms with Crippen LogP contribution in [0.4, 0.5) is 4.39 Å². The molecule has 0 unspecified atom stereocenters. The highest BCUT2D eigenvalue weighted by Crippen LogP contribution is 2.17. The number of hydrogen-bond acceptors (Lipinski definition) is 6. The van der Waals surface area contributed by atoms with Crippen molar-refractivity contribution >= 4 is 0 Å². The Morgan fingerprint density at radius 2 is 2.24 bits per heavy atom. The molecule has 2 aromatic heterocycles. The summed E-state index contributed by atoms with van der Waals surface area (Å²) in [7, 11) is 0. The Balaban J connectivity index is 1.51. The first-order valence-corrected chi connectivity index (χ1v) is 7.66. The van der Waals surface area contributed by atoms with E-state index in [1.165, 1.54) is 12.1 Å². The number of ether oxygens (including phenoxy) is 1. The molecule has 1 N–H and O–H groups in total. The van der Waals surface area contributed by atoms with Gasteiger partial charge in [0.05, 0.1) is 17.3 Å². The van der Waals surface area contributed by atoms with Gasteiger partial charge in [0.25, 0.3) is 0 Å². The molecule has 0 radical (unpaired) electrons. The molecule has 0 aliphatic carbocycles. The van der Waals surface area contributed by atoms with Crippen LogP contribution in [0.5, 0.6) is 6.01 Å². The van der Waals surface area contributed by atoms with E-state index in [-0.39, 0.29) is 18.2 Å². The molecular formula is C17H13FN6O. The number of nitrogens with one attached hydrogen (secondary N) is 1. The summed E-state index contributed by atoms with van der Waals surface area (Å²) in [5, 5.41) is 16.5. The highest BCUT2D eigenvalue weighted by atomic mass is 19.1. The standard InChI is InChI=1S/C17H13FN6O/c18-14-5-11(6-19)1-2-12(14)10-25-17-21-4-3-16(22-17)24-9-13-7-20-8-15(13)23-24/h1-5,9,20H,7-8,10H2. The lowest BCUT2D eigenvalue weighted by molar-refractivity contribution is 0.275. The van der Waals surface area contributed by atoms with Gasteiger partial charge in [-0.1, -0.05) is 6.07 Å². The van der Waals surface area contributed by atoms with Crippen molar-refractivity contribution in [3.8, 4) is 17.9 Å². The molecule has 0 fully saturated rings. The van der Waals surface area contributed by atoms with E-state index in [0.29, 0.717) is 11.4 Å². The van der Waals surface area contributed by atoms with Gasteiger partial charge in [-0.25, -0.2) is 14.1 Å². The van der Waals surface area contributed by atoms with Crippen molar-refractivity contribution in [2.45, 2.75) is 19.7 Å². The monoisotopic (exact) mass is 336 g/mol. The van der Waals surface area contributed by atoms with E-state index < -0.39 is 5.82 Å². The van der Waals surface area contributed by atoms with Crippen LogP contribution in [0.25, 0.3) is 5.82 Å². The van der Waals surface area contributed by atoms with Crippen LogP contribution >= 0.6 is 0 Å². The van der Waals surface area contributed by atoms with Crippen molar-refractivity contribution in [1.29, 1.82) is 5.26 Å². The summed E-state index contributed by atoms with van der Waals surface area (Å²) < 4.78 is 21.1. The number of nitriles is 1. The molecule has 3 heterocycles. The Labute approximate surface area is 142 Å². The van der Waals surface area contributed by atoms with Gasteiger partial charge in [0.1, 0.15) is 12.4 Å². The Hall–Kier alpha value is -3.31. The average molecular weight is 336 g/mol. The van der Waals surface area contributed by atoms with Gasteiger partial charge >= 0.3 is 6.01 Å². The zero-order valence-electron chi connectivity index (χ0n) is 13.1. The highest BCUT2D eigenvalue weighted by molar-refractivity contribution is 5.33. The van der Waals surface area contributed by atoms with Gasteiger partial charge in [-0.15, -0.1) is 0 Å². The second-order valence-electron chi connectivity index (χ2n) is 5.55. The third-order valence-electron chi connectivity index (χ3n) is 3.88. The van der Waals surface area contributed by atoms with Crippen molar-refractivity contribution in [2.24, 2.45) is 0 Å². The Bertz CT molecular complexity index is 956. The van der Waals surface area contributed by atoms with Crippen molar-refractivity contribution in [3.05, 3.63) is 64.9 Å². The summed E-state index contributed by atoms with van der Waals surface area (Å²) in [6, 6.07) is 7.98. The van der Waals surface area contributed by atoms with Gasteiger partial charge in [0.2, 0.25) is 0 Å². The fraction of sp³-hybridized carbons (Fsp3) is 0.176. The number of rotatable bonds is 4. The minimum Gasteiger partial charge on any atom is -0.458 e. The molecule has 0 amide bonds. The zero-order valence-corrected chi connectivity index (χ0v) is 13.1. The molecular weight excluding hydrogens is 323 g/mol. The number of hydrogen-bond donors (Lipinski definition) is 1. The largest absolute Gasteiger partial charge is 0.458 e. The van der Waals surface area contributed by atoms with E-state index in [4.69, 9.17) is 10.00 Å². The quantitative estimate of drug-likeness (QED) is 0.782. The van der Waals surface area contributed by atoms with Gasteiger partial charge in [-0.05, 0) is 12.1 Å². The van der Waals surface area contributed by atoms with Crippen molar-refractivity contribution in [1.82, 2.24) is 25.1 Å². The molecule has 3 aromatic rings. The molecule has 1 aromatic carbocycles. The van der Waals surface area contributed by atoms with E-state index in [1.807, 2.05) is 12.3 Å². The number of aromatic nitrogens is 4. The van der Waals surface area contributed by atoms with Gasteiger partial charge in [-0.3, -0.25) is 0 Å². The summed E-state index contributed by atoms with van der Waals surface area (Å²) >= 11 is 0. The number of fused-ring (bicyclic) bond motifs is 1. The Kier molecular flexibility index (Phi) is 3.84. The van der Waals surface area contributed by atoms with Crippen LogP contribution in [-0.4, -0.2) is 19.7 Å². The molecule has 124 valence electrons. The topological polar surface area (TPSA) is 88.6 Å². The smallest absolute Gasteiger partial charge is 0.318 e. The third kappa shape index (κ3) is 3.05. The fourth-order valence-electron chi connectivity index (χ4n) is 2.58. The second kappa shape index (κ2) is 6.30. The number of benzene rings is 1. The van der Waals surface area contributed by atoms with Crippen LogP contribution in [0.2, 0.25) is 0 Å². The molecule has 0 saturated heterocycles. The molecule has 1 aliphatic heterocycles. The first kappa shape index (κ1) is 15.2. The van der Waals surface area contributed by atoms with E-state index in [2.05, 4.69) is 20.4 Å². The van der Waals surface area contributed by atoms with Crippen LogP contribution in [0.15, 0.2) is 36.7 Å². The Morgan fingerprint density at radius 1 is 1.32 bits per heavy atom. The summed E-state index contributed by atoms with van der Waals surface area (Å²) in [6.45, 7) is 1.51. The lowest BCUT2D eigenvalue weighted by atomic mass is 10.1. The Morgan fingerprint density at radius 3 is 3.04 bits per heavy atom. The van der Waals surface area contributed by atoms with Gasteiger partial charge in [-0.2, -0.15) is 15.3 Å². The van der Waals surface area contributed by atoms with Crippen molar-refractivity contribution in [2.75, 3.05) is 0 Å². The normalized spacial score (nSPS) is 12.6. The van der Waals surface area contributed by atoms with Gasteiger partial charge in [0, 0.05) is 42.7 Å². The minimum absolute atomic E-state index is 0.0273. The molecule has 1 aliphatic rings.